The van der Waals surface area contributed by atoms with Crippen molar-refractivity contribution in [3.63, 3.8) is 0 Å². The molecule has 0 amide bonds. The van der Waals surface area contributed by atoms with Crippen LogP contribution in [0.5, 0.6) is 0 Å². The molecule has 0 N–H and O–H groups in total. The summed E-state index contributed by atoms with van der Waals surface area (Å²) in [4.78, 5) is 5.34. The second-order valence-corrected chi connectivity index (χ2v) is 12.3. The SMILES string of the molecule is c1cc(-c2ccc(-c3nc4ccccc4c4c5ccccc5c5ccccc5c34)cc2)cc(-n2c3ccccc3c3ccccc32)c1. The molecule has 0 unspecified atom stereocenters. The maximum atomic E-state index is 5.34. The van der Waals surface area contributed by atoms with Gasteiger partial charge in [-0.05, 0) is 63.0 Å². The molecule has 0 fully saturated rings. The summed E-state index contributed by atoms with van der Waals surface area (Å²) in [6, 6.07) is 61.3. The van der Waals surface area contributed by atoms with E-state index in [9.17, 15) is 0 Å². The largest absolute Gasteiger partial charge is 0.309 e. The first-order valence-corrected chi connectivity index (χ1v) is 16.1. The van der Waals surface area contributed by atoms with Crippen molar-refractivity contribution in [3.05, 3.63) is 170 Å². The van der Waals surface area contributed by atoms with Crippen LogP contribution in [0, 0.1) is 0 Å². The van der Waals surface area contributed by atoms with E-state index in [1.165, 1.54) is 70.6 Å². The minimum Gasteiger partial charge on any atom is -0.309 e. The molecular formula is C45H28N2. The fourth-order valence-electron chi connectivity index (χ4n) is 7.68. The molecule has 0 saturated heterocycles. The third-order valence-electron chi connectivity index (χ3n) is 9.75. The van der Waals surface area contributed by atoms with Gasteiger partial charge in [0, 0.05) is 38.2 Å². The van der Waals surface area contributed by atoms with Gasteiger partial charge in [-0.1, -0.05) is 140 Å². The summed E-state index contributed by atoms with van der Waals surface area (Å²) in [6.45, 7) is 0. The van der Waals surface area contributed by atoms with Crippen molar-refractivity contribution < 1.29 is 0 Å². The Bertz CT molecular complexity index is 2790. The average molecular weight is 597 g/mol. The molecule has 0 spiro atoms. The lowest BCUT2D eigenvalue weighted by atomic mass is 9.90. The number of pyridine rings is 1. The zero-order valence-corrected chi connectivity index (χ0v) is 25.6. The molecule has 0 aliphatic heterocycles. The second-order valence-electron chi connectivity index (χ2n) is 12.3. The maximum absolute atomic E-state index is 5.34. The van der Waals surface area contributed by atoms with Crippen LogP contribution in [-0.4, -0.2) is 9.55 Å². The normalized spacial score (nSPS) is 11.8. The second kappa shape index (κ2) is 10.1. The van der Waals surface area contributed by atoms with Crippen LogP contribution < -0.4 is 0 Å². The molecule has 0 atom stereocenters. The molecule has 2 heterocycles. The number of para-hydroxylation sites is 3. The van der Waals surface area contributed by atoms with Crippen LogP contribution in [0.4, 0.5) is 0 Å². The summed E-state index contributed by atoms with van der Waals surface area (Å²) in [5, 5.41) is 11.2. The van der Waals surface area contributed by atoms with E-state index in [1.54, 1.807) is 0 Å². The number of rotatable bonds is 3. The zero-order chi connectivity index (χ0) is 30.9. The fraction of sp³-hybridized carbons (Fsp3) is 0. The van der Waals surface area contributed by atoms with E-state index in [0.717, 1.165) is 22.5 Å². The van der Waals surface area contributed by atoms with E-state index in [0.29, 0.717) is 0 Å². The standard InChI is InChI=1S/C45H28N2/c1-3-18-37-33(14-1)34-15-2-4-19-38(34)44-43(37)39-20-5-8-21-40(39)46-45(44)30-26-24-29(25-27-30)31-12-11-13-32(28-31)47-41-22-9-6-16-35(41)36-17-7-10-23-42(36)47/h1-28H. The third kappa shape index (κ3) is 3.89. The Morgan fingerprint density at radius 2 is 0.851 bits per heavy atom. The minimum absolute atomic E-state index is 1.01. The lowest BCUT2D eigenvalue weighted by Crippen LogP contribution is -1.94. The zero-order valence-electron chi connectivity index (χ0n) is 25.6. The van der Waals surface area contributed by atoms with Gasteiger partial charge in [0.25, 0.3) is 0 Å². The summed E-state index contributed by atoms with van der Waals surface area (Å²) in [7, 11) is 0. The van der Waals surface area contributed by atoms with E-state index in [2.05, 4.69) is 174 Å². The van der Waals surface area contributed by atoms with Gasteiger partial charge >= 0.3 is 0 Å². The third-order valence-corrected chi connectivity index (χ3v) is 9.75. The molecule has 218 valence electrons. The fourth-order valence-corrected chi connectivity index (χ4v) is 7.68. The predicted molar refractivity (Wildman–Crippen MR) is 199 cm³/mol. The van der Waals surface area contributed by atoms with Crippen molar-refractivity contribution >= 4 is 65.0 Å². The van der Waals surface area contributed by atoms with Gasteiger partial charge in [0.1, 0.15) is 0 Å². The maximum Gasteiger partial charge on any atom is 0.0794 e. The first kappa shape index (κ1) is 26.0. The first-order chi connectivity index (χ1) is 23.3. The summed E-state index contributed by atoms with van der Waals surface area (Å²) >= 11 is 0. The molecule has 0 radical (unpaired) electrons. The van der Waals surface area contributed by atoms with Gasteiger partial charge in [0.2, 0.25) is 0 Å². The molecule has 0 aliphatic rings. The van der Waals surface area contributed by atoms with Crippen molar-refractivity contribution in [1.29, 1.82) is 0 Å². The number of aromatic nitrogens is 2. The number of hydrogen-bond acceptors (Lipinski definition) is 1. The quantitative estimate of drug-likeness (QED) is 0.186. The van der Waals surface area contributed by atoms with Crippen molar-refractivity contribution in [2.45, 2.75) is 0 Å². The molecule has 0 aliphatic carbocycles. The summed E-state index contributed by atoms with van der Waals surface area (Å²) in [5.41, 5.74) is 9.10. The monoisotopic (exact) mass is 596 g/mol. The Balaban J connectivity index is 1.16. The van der Waals surface area contributed by atoms with Crippen LogP contribution in [0.3, 0.4) is 0 Å². The highest BCUT2D eigenvalue weighted by atomic mass is 15.0. The smallest absolute Gasteiger partial charge is 0.0794 e. The highest BCUT2D eigenvalue weighted by Crippen LogP contribution is 2.43. The van der Waals surface area contributed by atoms with Crippen LogP contribution in [0.1, 0.15) is 0 Å². The van der Waals surface area contributed by atoms with Gasteiger partial charge in [0.05, 0.1) is 22.2 Å². The number of benzene rings is 8. The van der Waals surface area contributed by atoms with Gasteiger partial charge in [-0.2, -0.15) is 0 Å². The topological polar surface area (TPSA) is 17.8 Å². The Morgan fingerprint density at radius 1 is 0.340 bits per heavy atom. The number of fused-ring (bicyclic) bond motifs is 11. The molecule has 8 aromatic carbocycles. The molecule has 2 aromatic heterocycles. The van der Waals surface area contributed by atoms with E-state index in [4.69, 9.17) is 4.98 Å². The predicted octanol–water partition coefficient (Wildman–Crippen LogP) is 12.1. The lowest BCUT2D eigenvalue weighted by Gasteiger charge is -2.16. The molecule has 47 heavy (non-hydrogen) atoms. The van der Waals surface area contributed by atoms with E-state index in [1.807, 2.05) is 0 Å². The first-order valence-electron chi connectivity index (χ1n) is 16.1. The van der Waals surface area contributed by atoms with Crippen LogP contribution in [0.25, 0.3) is 93.1 Å². The molecule has 2 heteroatoms. The summed E-state index contributed by atoms with van der Waals surface area (Å²) in [5.74, 6) is 0. The van der Waals surface area contributed by atoms with Crippen molar-refractivity contribution in [3.8, 4) is 28.1 Å². The highest BCUT2D eigenvalue weighted by Gasteiger charge is 2.18. The van der Waals surface area contributed by atoms with Crippen LogP contribution in [-0.2, 0) is 0 Å². The van der Waals surface area contributed by atoms with Gasteiger partial charge in [-0.3, -0.25) is 0 Å². The van der Waals surface area contributed by atoms with Gasteiger partial charge in [0.15, 0.2) is 0 Å². The van der Waals surface area contributed by atoms with Crippen LogP contribution in [0.15, 0.2) is 170 Å². The Kier molecular flexibility index (Phi) is 5.61. The Labute approximate surface area is 271 Å². The van der Waals surface area contributed by atoms with E-state index < -0.39 is 0 Å². The summed E-state index contributed by atoms with van der Waals surface area (Å²) in [6.07, 6.45) is 0. The molecule has 2 nitrogen and oxygen atoms in total. The van der Waals surface area contributed by atoms with Crippen LogP contribution in [0.2, 0.25) is 0 Å². The van der Waals surface area contributed by atoms with E-state index >= 15 is 0 Å². The van der Waals surface area contributed by atoms with Gasteiger partial charge in [-0.15, -0.1) is 0 Å². The highest BCUT2D eigenvalue weighted by molar-refractivity contribution is 6.33. The number of hydrogen-bond donors (Lipinski definition) is 0. The lowest BCUT2D eigenvalue weighted by molar-refractivity contribution is 1.18. The van der Waals surface area contributed by atoms with Crippen molar-refractivity contribution in [2.75, 3.05) is 0 Å². The van der Waals surface area contributed by atoms with Gasteiger partial charge < -0.3 is 4.57 Å². The number of nitrogens with zero attached hydrogens (tertiary/aromatic N) is 2. The molecule has 10 aromatic rings. The van der Waals surface area contributed by atoms with Crippen LogP contribution >= 0.6 is 0 Å². The molecule has 0 saturated carbocycles. The Morgan fingerprint density at radius 3 is 1.51 bits per heavy atom. The minimum atomic E-state index is 1.01. The average Bonchev–Trinajstić information content (AvgIpc) is 3.49. The Hall–Kier alpha value is -6.25. The van der Waals surface area contributed by atoms with Crippen molar-refractivity contribution in [2.24, 2.45) is 0 Å². The van der Waals surface area contributed by atoms with Gasteiger partial charge in [-0.25, -0.2) is 4.98 Å². The molecule has 0 bridgehead atoms. The molecule has 10 rings (SSSR count). The summed E-state index contributed by atoms with van der Waals surface area (Å²) < 4.78 is 2.38. The molecular weight excluding hydrogens is 569 g/mol. The van der Waals surface area contributed by atoms with Crippen molar-refractivity contribution in [1.82, 2.24) is 9.55 Å². The van der Waals surface area contributed by atoms with E-state index in [-0.39, 0.29) is 0 Å².